The third kappa shape index (κ3) is 4.43. The van der Waals surface area contributed by atoms with E-state index < -0.39 is 0 Å². The Labute approximate surface area is 225 Å². The molecule has 0 saturated heterocycles. The van der Waals surface area contributed by atoms with Gasteiger partial charge in [0.1, 0.15) is 0 Å². The van der Waals surface area contributed by atoms with Crippen LogP contribution in [0.15, 0.2) is 103 Å². The molecule has 0 bridgehead atoms. The van der Waals surface area contributed by atoms with Gasteiger partial charge in [0, 0.05) is 16.7 Å². The topological polar surface area (TPSA) is 38.7 Å². The molecule has 1 aliphatic rings. The van der Waals surface area contributed by atoms with Crippen molar-refractivity contribution < 1.29 is 0 Å². The molecule has 0 amide bonds. The van der Waals surface area contributed by atoms with E-state index in [4.69, 9.17) is 15.0 Å². The molecule has 4 aromatic carbocycles. The van der Waals surface area contributed by atoms with E-state index in [1.165, 1.54) is 24.0 Å². The minimum atomic E-state index is 0.110. The summed E-state index contributed by atoms with van der Waals surface area (Å²) in [6.07, 6.45) is 2.36. The van der Waals surface area contributed by atoms with Gasteiger partial charge in [-0.15, -0.1) is 0 Å². The fourth-order valence-corrected chi connectivity index (χ4v) is 5.62. The van der Waals surface area contributed by atoms with Crippen LogP contribution in [0.3, 0.4) is 0 Å². The van der Waals surface area contributed by atoms with Crippen LogP contribution in [0.1, 0.15) is 51.7 Å². The Kier molecular flexibility index (Phi) is 5.95. The molecule has 3 nitrogen and oxygen atoms in total. The van der Waals surface area contributed by atoms with Gasteiger partial charge in [0.2, 0.25) is 0 Å². The molecule has 1 aromatic heterocycles. The van der Waals surface area contributed by atoms with Crippen molar-refractivity contribution in [2.45, 2.75) is 51.4 Å². The first-order valence-electron chi connectivity index (χ1n) is 13.4. The molecule has 1 aliphatic carbocycles. The highest BCUT2D eigenvalue weighted by molar-refractivity contribution is 5.81. The normalized spacial score (nSPS) is 15.6. The van der Waals surface area contributed by atoms with E-state index in [0.717, 1.165) is 27.8 Å². The van der Waals surface area contributed by atoms with E-state index >= 15 is 0 Å². The third-order valence-corrected chi connectivity index (χ3v) is 8.03. The first kappa shape index (κ1) is 24.2. The van der Waals surface area contributed by atoms with Crippen molar-refractivity contribution in [3.8, 4) is 45.3 Å². The summed E-state index contributed by atoms with van der Waals surface area (Å²) >= 11 is 0. The van der Waals surface area contributed by atoms with Gasteiger partial charge in [0.15, 0.2) is 17.5 Å². The lowest BCUT2D eigenvalue weighted by Gasteiger charge is -2.42. The number of nitrogens with zero attached hydrogens (tertiary/aromatic N) is 3. The van der Waals surface area contributed by atoms with E-state index in [9.17, 15) is 0 Å². The van der Waals surface area contributed by atoms with Crippen molar-refractivity contribution in [1.29, 1.82) is 0 Å². The molecule has 0 N–H and O–H groups in total. The molecule has 38 heavy (non-hydrogen) atoms. The van der Waals surface area contributed by atoms with Gasteiger partial charge in [-0.3, -0.25) is 0 Å². The molecule has 0 fully saturated rings. The summed E-state index contributed by atoms with van der Waals surface area (Å²) in [6.45, 7) is 9.43. The number of benzene rings is 4. The van der Waals surface area contributed by atoms with Crippen LogP contribution in [0.4, 0.5) is 0 Å². The van der Waals surface area contributed by atoms with E-state index in [2.05, 4.69) is 107 Å². The molecule has 0 aliphatic heterocycles. The Hall–Kier alpha value is -4.11. The largest absolute Gasteiger partial charge is 0.208 e. The van der Waals surface area contributed by atoms with Crippen LogP contribution in [0.25, 0.3) is 45.3 Å². The lowest BCUT2D eigenvalue weighted by atomic mass is 9.63. The van der Waals surface area contributed by atoms with Gasteiger partial charge in [-0.25, -0.2) is 15.0 Å². The fourth-order valence-electron chi connectivity index (χ4n) is 5.62. The minimum absolute atomic E-state index is 0.110. The second kappa shape index (κ2) is 9.33. The second-order valence-electron chi connectivity index (χ2n) is 11.6. The fraction of sp³-hybridized carbons (Fsp3) is 0.229. The molecule has 188 valence electrons. The van der Waals surface area contributed by atoms with Crippen molar-refractivity contribution in [2.75, 3.05) is 0 Å². The molecule has 1 heterocycles. The van der Waals surface area contributed by atoms with Crippen LogP contribution in [0, 0.1) is 0 Å². The van der Waals surface area contributed by atoms with Crippen LogP contribution in [0.5, 0.6) is 0 Å². The summed E-state index contributed by atoms with van der Waals surface area (Å²) < 4.78 is 0. The Morgan fingerprint density at radius 1 is 0.447 bits per heavy atom. The van der Waals surface area contributed by atoms with E-state index in [0.29, 0.717) is 17.5 Å². The third-order valence-electron chi connectivity index (χ3n) is 8.03. The molecule has 3 heteroatoms. The molecule has 0 saturated carbocycles. The standard InChI is InChI=1S/C35H33N3/c1-34(2)21-22-35(3,4)30-23-26(19-20-29(30)34)32-36-31(25-15-9-6-10-16-25)37-33(38-32)28-18-12-11-17-27(28)24-13-7-5-8-14-24/h5-20,23H,21-22H2,1-4H3. The summed E-state index contributed by atoms with van der Waals surface area (Å²) in [5.41, 5.74) is 8.38. The number of aromatic nitrogens is 3. The molecular formula is C35H33N3. The van der Waals surface area contributed by atoms with Crippen LogP contribution in [0.2, 0.25) is 0 Å². The van der Waals surface area contributed by atoms with Gasteiger partial charge in [-0.1, -0.05) is 125 Å². The van der Waals surface area contributed by atoms with E-state index in [-0.39, 0.29) is 10.8 Å². The highest BCUT2D eigenvalue weighted by atomic mass is 15.0. The van der Waals surface area contributed by atoms with E-state index in [1.54, 1.807) is 0 Å². The van der Waals surface area contributed by atoms with Gasteiger partial charge >= 0.3 is 0 Å². The molecule has 0 radical (unpaired) electrons. The Morgan fingerprint density at radius 3 is 1.61 bits per heavy atom. The first-order chi connectivity index (χ1) is 18.3. The first-order valence-corrected chi connectivity index (χ1v) is 13.4. The Morgan fingerprint density at radius 2 is 0.947 bits per heavy atom. The van der Waals surface area contributed by atoms with Gasteiger partial charge < -0.3 is 0 Å². The highest BCUT2D eigenvalue weighted by Crippen LogP contribution is 2.46. The van der Waals surface area contributed by atoms with Crippen LogP contribution < -0.4 is 0 Å². The maximum atomic E-state index is 5.10. The van der Waals surface area contributed by atoms with Crippen LogP contribution in [-0.4, -0.2) is 15.0 Å². The van der Waals surface area contributed by atoms with Crippen molar-refractivity contribution >= 4 is 0 Å². The number of hydrogen-bond acceptors (Lipinski definition) is 3. The molecular weight excluding hydrogens is 462 g/mol. The summed E-state index contributed by atoms with van der Waals surface area (Å²) in [4.78, 5) is 15.1. The molecule has 0 atom stereocenters. The average Bonchev–Trinajstić information content (AvgIpc) is 2.96. The molecule has 0 unspecified atom stereocenters. The zero-order valence-corrected chi connectivity index (χ0v) is 22.6. The van der Waals surface area contributed by atoms with Gasteiger partial charge in [-0.05, 0) is 52.0 Å². The van der Waals surface area contributed by atoms with Gasteiger partial charge in [0.25, 0.3) is 0 Å². The zero-order chi connectivity index (χ0) is 26.3. The zero-order valence-electron chi connectivity index (χ0n) is 22.6. The highest BCUT2D eigenvalue weighted by Gasteiger charge is 2.37. The van der Waals surface area contributed by atoms with Crippen molar-refractivity contribution in [3.63, 3.8) is 0 Å². The monoisotopic (exact) mass is 495 g/mol. The number of rotatable bonds is 4. The molecule has 6 rings (SSSR count). The predicted molar refractivity (Wildman–Crippen MR) is 157 cm³/mol. The number of hydrogen-bond donors (Lipinski definition) is 0. The van der Waals surface area contributed by atoms with Gasteiger partial charge in [0.05, 0.1) is 0 Å². The maximum Gasteiger partial charge on any atom is 0.164 e. The average molecular weight is 496 g/mol. The Balaban J connectivity index is 1.57. The quantitative estimate of drug-likeness (QED) is 0.250. The van der Waals surface area contributed by atoms with E-state index in [1.807, 2.05) is 24.3 Å². The minimum Gasteiger partial charge on any atom is -0.208 e. The summed E-state index contributed by atoms with van der Waals surface area (Å²) in [5.74, 6) is 2.08. The summed E-state index contributed by atoms with van der Waals surface area (Å²) in [5, 5.41) is 0. The smallest absolute Gasteiger partial charge is 0.164 e. The Bertz CT molecular complexity index is 1600. The lowest BCUT2D eigenvalue weighted by molar-refractivity contribution is 0.332. The van der Waals surface area contributed by atoms with Crippen molar-refractivity contribution in [1.82, 2.24) is 15.0 Å². The predicted octanol–water partition coefficient (Wildman–Crippen LogP) is 8.89. The summed E-state index contributed by atoms with van der Waals surface area (Å²) in [7, 11) is 0. The summed E-state index contributed by atoms with van der Waals surface area (Å²) in [6, 6.07) is 35.8. The van der Waals surface area contributed by atoms with Gasteiger partial charge in [-0.2, -0.15) is 0 Å². The lowest BCUT2D eigenvalue weighted by Crippen LogP contribution is -2.33. The van der Waals surface area contributed by atoms with Crippen LogP contribution in [-0.2, 0) is 10.8 Å². The van der Waals surface area contributed by atoms with Crippen molar-refractivity contribution in [2.24, 2.45) is 0 Å². The number of fused-ring (bicyclic) bond motifs is 1. The van der Waals surface area contributed by atoms with Crippen LogP contribution >= 0.6 is 0 Å². The second-order valence-corrected chi connectivity index (χ2v) is 11.6. The molecule has 0 spiro atoms. The maximum absolute atomic E-state index is 5.10. The van der Waals surface area contributed by atoms with Crippen molar-refractivity contribution in [3.05, 3.63) is 114 Å². The SMILES string of the molecule is CC1(C)CCC(C)(C)c2cc(-c3nc(-c4ccccc4)nc(-c4ccccc4-c4ccccc4)n3)ccc21. The molecule has 5 aromatic rings.